The largest absolute Gasteiger partial charge is 0.102 e. The molecule has 0 aliphatic heterocycles. The van der Waals surface area contributed by atoms with Gasteiger partial charge in [-0.1, -0.05) is 84.4 Å². The first-order valence-corrected chi connectivity index (χ1v) is 7.45. The summed E-state index contributed by atoms with van der Waals surface area (Å²) in [7, 11) is 0. The van der Waals surface area contributed by atoms with E-state index in [9.17, 15) is 0 Å². The molecule has 0 saturated heterocycles. The van der Waals surface area contributed by atoms with Crippen molar-refractivity contribution < 1.29 is 0 Å². The van der Waals surface area contributed by atoms with Gasteiger partial charge in [-0.2, -0.15) is 0 Å². The summed E-state index contributed by atoms with van der Waals surface area (Å²) >= 11 is 6.36. The van der Waals surface area contributed by atoms with Crippen molar-refractivity contribution >= 4 is 11.6 Å². The first-order valence-electron chi connectivity index (χ1n) is 7.07. The van der Waals surface area contributed by atoms with E-state index in [-0.39, 0.29) is 11.3 Å². The van der Waals surface area contributed by atoms with Crippen LogP contribution >= 0.6 is 11.6 Å². The van der Waals surface area contributed by atoms with Crippen LogP contribution in [0, 0.1) is 5.92 Å². The van der Waals surface area contributed by atoms with Gasteiger partial charge in [-0.3, -0.25) is 0 Å². The Morgan fingerprint density at radius 2 is 1.43 bits per heavy atom. The first kappa shape index (κ1) is 13.9. The molecule has 0 saturated carbocycles. The van der Waals surface area contributed by atoms with Gasteiger partial charge in [-0.25, -0.2) is 0 Å². The third kappa shape index (κ3) is 2.36. The van der Waals surface area contributed by atoms with E-state index in [1.54, 1.807) is 0 Å². The van der Waals surface area contributed by atoms with E-state index in [0.717, 1.165) is 5.03 Å². The second-order valence-corrected chi connectivity index (χ2v) is 5.69. The molecule has 0 nitrogen and oxygen atoms in total. The molecule has 0 heterocycles. The van der Waals surface area contributed by atoms with Crippen LogP contribution in [0.3, 0.4) is 0 Å². The van der Waals surface area contributed by atoms with Gasteiger partial charge in [0.05, 0.1) is 0 Å². The van der Waals surface area contributed by atoms with Gasteiger partial charge >= 0.3 is 0 Å². The molecular formula is C20H17Cl. The molecule has 0 aromatic heterocycles. The Balaban J connectivity index is 2.30. The summed E-state index contributed by atoms with van der Waals surface area (Å²) in [6.45, 7) is 4.03. The number of halogens is 1. The van der Waals surface area contributed by atoms with Gasteiger partial charge < -0.3 is 0 Å². The number of hydrogen-bond acceptors (Lipinski definition) is 0. The van der Waals surface area contributed by atoms with Crippen LogP contribution < -0.4 is 0 Å². The maximum atomic E-state index is 6.36. The summed E-state index contributed by atoms with van der Waals surface area (Å²) in [6, 6.07) is 21.0. The van der Waals surface area contributed by atoms with Crippen molar-refractivity contribution in [2.75, 3.05) is 0 Å². The van der Waals surface area contributed by atoms with Crippen LogP contribution in [0.2, 0.25) is 0 Å². The lowest BCUT2D eigenvalue weighted by atomic mass is 9.64. The van der Waals surface area contributed by atoms with E-state index >= 15 is 0 Å². The Labute approximate surface area is 131 Å². The first-order chi connectivity index (χ1) is 10.3. The fraction of sp³-hybridized carbons (Fsp3) is 0.100. The van der Waals surface area contributed by atoms with Crippen molar-refractivity contribution in [3.05, 3.63) is 108 Å². The summed E-state index contributed by atoms with van der Waals surface area (Å²) in [4.78, 5) is 0. The maximum absolute atomic E-state index is 6.36. The van der Waals surface area contributed by atoms with Gasteiger partial charge in [0, 0.05) is 16.4 Å². The topological polar surface area (TPSA) is 0 Å². The minimum atomic E-state index is -0.296. The molecule has 0 N–H and O–H groups in total. The predicted octanol–water partition coefficient (Wildman–Crippen LogP) is 5.47. The highest BCUT2D eigenvalue weighted by Crippen LogP contribution is 2.45. The zero-order valence-corrected chi connectivity index (χ0v) is 12.5. The monoisotopic (exact) mass is 292 g/mol. The highest BCUT2D eigenvalue weighted by Gasteiger charge is 2.39. The molecule has 0 radical (unpaired) electrons. The van der Waals surface area contributed by atoms with Crippen LogP contribution in [-0.2, 0) is 5.41 Å². The van der Waals surface area contributed by atoms with Crippen molar-refractivity contribution in [2.24, 2.45) is 5.92 Å². The molecule has 2 aromatic rings. The number of benzene rings is 2. The quantitative estimate of drug-likeness (QED) is 0.658. The zero-order chi connectivity index (χ0) is 14.7. The predicted molar refractivity (Wildman–Crippen MR) is 90.4 cm³/mol. The molecule has 104 valence electrons. The van der Waals surface area contributed by atoms with Crippen molar-refractivity contribution in [2.45, 2.75) is 5.41 Å². The normalized spacial score (nSPS) is 19.9. The number of rotatable bonds is 3. The van der Waals surface area contributed by atoms with Crippen LogP contribution in [0.4, 0.5) is 0 Å². The molecule has 0 amide bonds. The van der Waals surface area contributed by atoms with Crippen LogP contribution in [0.15, 0.2) is 96.6 Å². The van der Waals surface area contributed by atoms with Crippen molar-refractivity contribution in [3.63, 3.8) is 0 Å². The average molecular weight is 293 g/mol. The minimum Gasteiger partial charge on any atom is -0.102 e. The molecule has 2 aromatic carbocycles. The van der Waals surface area contributed by atoms with Gasteiger partial charge in [0.25, 0.3) is 0 Å². The molecule has 3 rings (SSSR count). The Kier molecular flexibility index (Phi) is 3.81. The van der Waals surface area contributed by atoms with Gasteiger partial charge in [0.2, 0.25) is 0 Å². The van der Waals surface area contributed by atoms with Crippen LogP contribution in [0.1, 0.15) is 11.1 Å². The molecule has 0 spiro atoms. The molecule has 1 unspecified atom stereocenters. The van der Waals surface area contributed by atoms with E-state index in [1.807, 2.05) is 24.3 Å². The van der Waals surface area contributed by atoms with E-state index in [4.69, 9.17) is 11.6 Å². The van der Waals surface area contributed by atoms with Crippen LogP contribution in [-0.4, -0.2) is 0 Å². The molecule has 1 atom stereocenters. The van der Waals surface area contributed by atoms with Gasteiger partial charge in [-0.05, 0) is 23.3 Å². The molecule has 1 aliphatic rings. The Bertz CT molecular complexity index is 641. The van der Waals surface area contributed by atoms with E-state index in [0.29, 0.717) is 0 Å². The van der Waals surface area contributed by atoms with Crippen molar-refractivity contribution in [1.29, 1.82) is 0 Å². The summed E-state index contributed by atoms with van der Waals surface area (Å²) in [5.41, 5.74) is 2.16. The second kappa shape index (κ2) is 5.75. The third-order valence-electron chi connectivity index (χ3n) is 4.11. The lowest BCUT2D eigenvalue weighted by molar-refractivity contribution is 0.537. The summed E-state index contributed by atoms with van der Waals surface area (Å²) in [5.74, 6) is 0.171. The van der Waals surface area contributed by atoms with Crippen molar-refractivity contribution in [1.82, 2.24) is 0 Å². The fourth-order valence-corrected chi connectivity index (χ4v) is 3.36. The molecular weight excluding hydrogens is 276 g/mol. The lowest BCUT2D eigenvalue weighted by Gasteiger charge is -2.39. The smallest absolute Gasteiger partial charge is 0.0496 e. The Hall–Kier alpha value is -2.05. The number of hydrogen-bond donors (Lipinski definition) is 0. The fourth-order valence-electron chi connectivity index (χ4n) is 3.12. The van der Waals surface area contributed by atoms with E-state index < -0.39 is 0 Å². The molecule has 0 bridgehead atoms. The standard InChI is InChI=1S/C20H17Cl/c1-2-16-13-14-19(21)15-20(16,17-9-5-3-6-10-17)18-11-7-4-8-12-18/h2-16H,1H2. The van der Waals surface area contributed by atoms with Gasteiger partial charge in [0.1, 0.15) is 0 Å². The van der Waals surface area contributed by atoms with Gasteiger partial charge in [-0.15, -0.1) is 6.58 Å². The molecule has 21 heavy (non-hydrogen) atoms. The van der Waals surface area contributed by atoms with Crippen molar-refractivity contribution in [3.8, 4) is 0 Å². The van der Waals surface area contributed by atoms with Crippen LogP contribution in [0.25, 0.3) is 0 Å². The maximum Gasteiger partial charge on any atom is 0.0496 e. The van der Waals surface area contributed by atoms with E-state index in [2.05, 4.69) is 67.3 Å². The SMILES string of the molecule is C=CC1C=CC(Cl)=CC1(c1ccccc1)c1ccccc1. The minimum absolute atomic E-state index is 0.171. The summed E-state index contributed by atoms with van der Waals surface area (Å²) in [5, 5.41) is 0.765. The second-order valence-electron chi connectivity index (χ2n) is 5.25. The average Bonchev–Trinajstić information content (AvgIpc) is 2.56. The summed E-state index contributed by atoms with van der Waals surface area (Å²) < 4.78 is 0. The Morgan fingerprint density at radius 1 is 0.905 bits per heavy atom. The molecule has 1 heteroatoms. The van der Waals surface area contributed by atoms with Crippen LogP contribution in [0.5, 0.6) is 0 Å². The Morgan fingerprint density at radius 3 is 1.90 bits per heavy atom. The zero-order valence-electron chi connectivity index (χ0n) is 11.7. The highest BCUT2D eigenvalue weighted by atomic mass is 35.5. The third-order valence-corrected chi connectivity index (χ3v) is 4.35. The lowest BCUT2D eigenvalue weighted by Crippen LogP contribution is -2.34. The van der Waals surface area contributed by atoms with Gasteiger partial charge in [0.15, 0.2) is 0 Å². The summed E-state index contributed by atoms with van der Waals surface area (Å²) in [6.07, 6.45) is 8.23. The number of allylic oxidation sites excluding steroid dienone is 5. The highest BCUT2D eigenvalue weighted by molar-refractivity contribution is 6.31. The van der Waals surface area contributed by atoms with E-state index in [1.165, 1.54) is 11.1 Å². The molecule has 1 aliphatic carbocycles. The molecule has 0 fully saturated rings.